The molecule has 0 aliphatic rings. The lowest BCUT2D eigenvalue weighted by molar-refractivity contribution is -0.113. The molecule has 2 aromatic carbocycles. The van der Waals surface area contributed by atoms with Crippen LogP contribution in [0.1, 0.15) is 0 Å². The van der Waals surface area contributed by atoms with Crippen LogP contribution in [0.4, 0.5) is 17.1 Å². The van der Waals surface area contributed by atoms with Gasteiger partial charge in [-0.3, -0.25) is 14.5 Å². The van der Waals surface area contributed by atoms with E-state index in [4.69, 9.17) is 0 Å². The van der Waals surface area contributed by atoms with Crippen molar-refractivity contribution in [1.82, 2.24) is 0 Å². The van der Waals surface area contributed by atoms with Crippen molar-refractivity contribution in [3.8, 4) is 0 Å². The summed E-state index contributed by atoms with van der Waals surface area (Å²) in [6.45, 7) is 0. The Hall–Kier alpha value is -2.19. The van der Waals surface area contributed by atoms with Crippen molar-refractivity contribution >= 4 is 39.3 Å². The van der Waals surface area contributed by atoms with Crippen LogP contribution in [-0.2, 0) is 9.59 Å². The molecule has 0 saturated heterocycles. The van der Waals surface area contributed by atoms with Crippen molar-refractivity contribution in [2.75, 3.05) is 9.57 Å². The minimum absolute atomic E-state index is 0.484. The summed E-state index contributed by atoms with van der Waals surface area (Å²) < 4.78 is 1.94. The summed E-state index contributed by atoms with van der Waals surface area (Å²) in [7, 11) is 2.63. The molecule has 0 radical (unpaired) electrons. The molecule has 1 atom stereocenters. The molecule has 0 fully saturated rings. The highest BCUT2D eigenvalue weighted by Gasteiger charge is 2.06. The van der Waals surface area contributed by atoms with Gasteiger partial charge in [-0.1, -0.05) is 18.2 Å². The van der Waals surface area contributed by atoms with Gasteiger partial charge in [0, 0.05) is 11.4 Å². The number of benzene rings is 2. The molecule has 0 N–H and O–H groups in total. The molecule has 19 heavy (non-hydrogen) atoms. The average Bonchev–Trinajstić information content (AvgIpc) is 2.49. The number of amides is 2. The molecule has 0 saturated carbocycles. The van der Waals surface area contributed by atoms with Crippen molar-refractivity contribution in [3.05, 3.63) is 54.6 Å². The van der Waals surface area contributed by atoms with Crippen LogP contribution in [0.15, 0.2) is 54.6 Å². The van der Waals surface area contributed by atoms with E-state index in [2.05, 4.69) is 9.39 Å². The number of carbonyl (C=O) groups excluding carboxylic acids is 2. The molecule has 2 rings (SSSR count). The maximum absolute atomic E-state index is 10.7. The van der Waals surface area contributed by atoms with Gasteiger partial charge in [0.25, 0.3) is 0 Å². The predicted molar refractivity (Wildman–Crippen MR) is 79.3 cm³/mol. The molecular formula is C14H13N2O2P. The Kier molecular flexibility index (Phi) is 4.26. The van der Waals surface area contributed by atoms with Gasteiger partial charge in [-0.2, -0.15) is 0 Å². The number of hydrogen-bond donors (Lipinski definition) is 0. The lowest BCUT2D eigenvalue weighted by Crippen LogP contribution is -2.18. The second-order valence-electron chi connectivity index (χ2n) is 3.84. The average molecular weight is 272 g/mol. The molecule has 4 nitrogen and oxygen atoms in total. The molecule has 0 aromatic heterocycles. The van der Waals surface area contributed by atoms with Crippen LogP contribution in [0.3, 0.4) is 0 Å². The van der Waals surface area contributed by atoms with Gasteiger partial charge < -0.3 is 4.67 Å². The van der Waals surface area contributed by atoms with E-state index in [1.165, 1.54) is 0 Å². The Morgan fingerprint density at radius 2 is 1.21 bits per heavy atom. The normalized spacial score (nSPS) is 9.74. The van der Waals surface area contributed by atoms with Gasteiger partial charge in [-0.25, -0.2) is 0 Å². The molecule has 0 aliphatic heterocycles. The minimum atomic E-state index is 0.484. The van der Waals surface area contributed by atoms with E-state index in [-0.39, 0.29) is 0 Å². The predicted octanol–water partition coefficient (Wildman–Crippen LogP) is 2.73. The van der Waals surface area contributed by atoms with Crippen molar-refractivity contribution in [3.63, 3.8) is 0 Å². The zero-order valence-corrected chi connectivity index (χ0v) is 11.3. The zero-order chi connectivity index (χ0) is 13.7. The van der Waals surface area contributed by atoms with E-state index >= 15 is 0 Å². The maximum Gasteiger partial charge on any atom is 0.220 e. The fourth-order valence-electron chi connectivity index (χ4n) is 1.67. The van der Waals surface area contributed by atoms with E-state index < -0.39 is 0 Å². The summed E-state index contributed by atoms with van der Waals surface area (Å²) in [5, 5.41) is 0. The fraction of sp³-hybridized carbons (Fsp3) is 0. The third kappa shape index (κ3) is 2.98. The lowest BCUT2D eigenvalue weighted by atomic mass is 10.2. The summed E-state index contributed by atoms with van der Waals surface area (Å²) in [5.74, 6) is 0. The smallest absolute Gasteiger partial charge is 0.220 e. The van der Waals surface area contributed by atoms with E-state index in [9.17, 15) is 9.59 Å². The largest absolute Gasteiger partial charge is 0.326 e. The molecule has 0 heterocycles. The molecule has 5 heteroatoms. The van der Waals surface area contributed by atoms with Crippen LogP contribution in [0.25, 0.3) is 0 Å². The molecular weight excluding hydrogens is 259 g/mol. The highest BCUT2D eigenvalue weighted by atomic mass is 31.0. The van der Waals surface area contributed by atoms with Crippen LogP contribution < -0.4 is 9.57 Å². The second kappa shape index (κ2) is 6.12. The number of para-hydroxylation sites is 1. The second-order valence-corrected chi connectivity index (χ2v) is 4.36. The first-order valence-corrected chi connectivity index (χ1v) is 6.17. The van der Waals surface area contributed by atoms with Crippen LogP contribution >= 0.6 is 9.39 Å². The number of carbonyl (C=O) groups is 2. The summed E-state index contributed by atoms with van der Waals surface area (Å²) >= 11 is 0. The summed E-state index contributed by atoms with van der Waals surface area (Å²) in [6.07, 6.45) is 0.968. The van der Waals surface area contributed by atoms with Gasteiger partial charge in [-0.05, 0) is 45.8 Å². The number of imide groups is 1. The van der Waals surface area contributed by atoms with Crippen LogP contribution in [0.5, 0.6) is 0 Å². The summed E-state index contributed by atoms with van der Waals surface area (Å²) in [5.41, 5.74) is 2.51. The quantitative estimate of drug-likeness (QED) is 0.620. The fourth-order valence-corrected chi connectivity index (χ4v) is 2.01. The van der Waals surface area contributed by atoms with E-state index in [0.717, 1.165) is 16.3 Å². The molecule has 2 aromatic rings. The Morgan fingerprint density at radius 1 is 0.737 bits per heavy atom. The third-order valence-electron chi connectivity index (χ3n) is 2.69. The minimum Gasteiger partial charge on any atom is -0.326 e. The Balaban J connectivity index is 2.23. The molecule has 0 bridgehead atoms. The van der Waals surface area contributed by atoms with Gasteiger partial charge in [0.2, 0.25) is 12.8 Å². The standard InChI is InChI=1S/C14H13N2O2P/c17-10-15(11-18)12-6-8-14(9-7-12)16(19)13-4-2-1-3-5-13/h1-11H,19H2. The first kappa shape index (κ1) is 13.2. The summed E-state index contributed by atoms with van der Waals surface area (Å²) in [4.78, 5) is 22.3. The molecule has 96 valence electrons. The first-order chi connectivity index (χ1) is 9.26. The van der Waals surface area contributed by atoms with Gasteiger partial charge >= 0.3 is 0 Å². The number of anilines is 3. The van der Waals surface area contributed by atoms with Crippen molar-refractivity contribution < 1.29 is 9.59 Å². The van der Waals surface area contributed by atoms with E-state index in [1.807, 2.05) is 47.1 Å². The highest BCUT2D eigenvalue weighted by Crippen LogP contribution is 2.29. The van der Waals surface area contributed by atoms with Crippen molar-refractivity contribution in [2.24, 2.45) is 0 Å². The van der Waals surface area contributed by atoms with Crippen molar-refractivity contribution in [1.29, 1.82) is 0 Å². The highest BCUT2D eigenvalue weighted by molar-refractivity contribution is 7.19. The van der Waals surface area contributed by atoms with E-state index in [1.54, 1.807) is 12.1 Å². The van der Waals surface area contributed by atoms with Gasteiger partial charge in [0.1, 0.15) is 0 Å². The van der Waals surface area contributed by atoms with Gasteiger partial charge in [0.05, 0.1) is 5.69 Å². The topological polar surface area (TPSA) is 40.6 Å². The number of nitrogens with zero attached hydrogens (tertiary/aromatic N) is 2. The molecule has 2 amide bonds. The Morgan fingerprint density at radius 3 is 1.74 bits per heavy atom. The molecule has 1 unspecified atom stereocenters. The monoisotopic (exact) mass is 272 g/mol. The molecule has 0 spiro atoms. The number of rotatable bonds is 5. The van der Waals surface area contributed by atoms with Crippen LogP contribution in [0.2, 0.25) is 0 Å². The van der Waals surface area contributed by atoms with Crippen LogP contribution in [-0.4, -0.2) is 12.8 Å². The number of hydrogen-bond acceptors (Lipinski definition) is 3. The SMILES string of the molecule is O=CN(C=O)c1ccc(N(P)c2ccccc2)cc1. The Labute approximate surface area is 113 Å². The van der Waals surface area contributed by atoms with Crippen LogP contribution in [0, 0.1) is 0 Å². The maximum atomic E-state index is 10.7. The van der Waals surface area contributed by atoms with Gasteiger partial charge in [-0.15, -0.1) is 0 Å². The summed E-state index contributed by atoms with van der Waals surface area (Å²) in [6, 6.07) is 17.0. The Bertz CT molecular complexity index is 549. The zero-order valence-electron chi connectivity index (χ0n) is 10.1. The third-order valence-corrected chi connectivity index (χ3v) is 3.28. The first-order valence-electron chi connectivity index (χ1n) is 5.65. The van der Waals surface area contributed by atoms with Crippen molar-refractivity contribution in [2.45, 2.75) is 0 Å². The van der Waals surface area contributed by atoms with Gasteiger partial charge in [0.15, 0.2) is 0 Å². The van der Waals surface area contributed by atoms with E-state index in [0.29, 0.717) is 18.5 Å². The lowest BCUT2D eigenvalue weighted by Gasteiger charge is -2.19. The molecule has 0 aliphatic carbocycles.